The van der Waals surface area contributed by atoms with Crippen molar-refractivity contribution in [1.82, 2.24) is 14.8 Å². The molecule has 0 atom stereocenters. The minimum absolute atomic E-state index is 0.00463. The van der Waals surface area contributed by atoms with E-state index in [0.29, 0.717) is 0 Å². The zero-order chi connectivity index (χ0) is 10.9. The van der Waals surface area contributed by atoms with Gasteiger partial charge in [-0.2, -0.15) is 9.78 Å². The molecule has 15 heavy (non-hydrogen) atoms. The van der Waals surface area contributed by atoms with Crippen molar-refractivity contribution < 1.29 is 13.2 Å². The van der Waals surface area contributed by atoms with Crippen LogP contribution < -0.4 is 0 Å². The maximum atomic E-state index is 12.4. The lowest BCUT2D eigenvalue weighted by Crippen LogP contribution is -2.19. The van der Waals surface area contributed by atoms with Crippen molar-refractivity contribution in [3.05, 3.63) is 36.7 Å². The predicted octanol–water partition coefficient (Wildman–Crippen LogP) is 2.42. The summed E-state index contributed by atoms with van der Waals surface area (Å²) in [6.07, 6.45) is -1.99. The average Bonchev–Trinajstić information content (AvgIpc) is 2.67. The van der Waals surface area contributed by atoms with Gasteiger partial charge in [-0.05, 0) is 18.2 Å². The molecule has 0 unspecified atom stereocenters. The van der Waals surface area contributed by atoms with E-state index < -0.39 is 6.30 Å². The van der Waals surface area contributed by atoms with Crippen molar-refractivity contribution in [3.63, 3.8) is 0 Å². The van der Waals surface area contributed by atoms with Crippen molar-refractivity contribution in [1.29, 1.82) is 0 Å². The molecule has 0 amide bonds. The minimum Gasteiger partial charge on any atom is -0.255 e. The number of halogens is 3. The molecule has 2 aromatic heterocycles. The summed E-state index contributed by atoms with van der Waals surface area (Å²) in [6, 6.07) is 6.03. The quantitative estimate of drug-likeness (QED) is 0.728. The van der Waals surface area contributed by atoms with E-state index in [-0.39, 0.29) is 16.1 Å². The molecular formula is C9H6F3N3. The molecule has 0 N–H and O–H groups in total. The minimum atomic E-state index is -4.52. The first-order chi connectivity index (χ1) is 7.09. The van der Waals surface area contributed by atoms with E-state index in [1.807, 2.05) is 0 Å². The van der Waals surface area contributed by atoms with Crippen LogP contribution in [0.4, 0.5) is 13.2 Å². The Bertz CT molecular complexity index is 447. The zero-order valence-electron chi connectivity index (χ0n) is 7.44. The normalized spacial score (nSPS) is 11.7. The van der Waals surface area contributed by atoms with Crippen LogP contribution in [0.15, 0.2) is 36.7 Å². The van der Waals surface area contributed by atoms with E-state index in [4.69, 9.17) is 0 Å². The number of hydrogen-bond donors (Lipinski definition) is 0. The van der Waals surface area contributed by atoms with Gasteiger partial charge >= 0.3 is 6.30 Å². The molecule has 0 aromatic carbocycles. The Morgan fingerprint density at radius 2 is 1.87 bits per heavy atom. The van der Waals surface area contributed by atoms with Gasteiger partial charge in [0.1, 0.15) is 0 Å². The summed E-state index contributed by atoms with van der Waals surface area (Å²) in [5.41, 5.74) is 0.176. The van der Waals surface area contributed by atoms with Crippen molar-refractivity contribution >= 4 is 0 Å². The van der Waals surface area contributed by atoms with Crippen LogP contribution in [0.3, 0.4) is 0 Å². The summed E-state index contributed by atoms with van der Waals surface area (Å²) in [7, 11) is 0. The largest absolute Gasteiger partial charge is 0.505 e. The average molecular weight is 213 g/mol. The van der Waals surface area contributed by atoms with Crippen LogP contribution in [0.25, 0.3) is 11.4 Å². The third kappa shape index (κ3) is 1.83. The Morgan fingerprint density at radius 3 is 2.47 bits per heavy atom. The Labute approximate surface area is 83.2 Å². The summed E-state index contributed by atoms with van der Waals surface area (Å²) < 4.78 is 37.3. The van der Waals surface area contributed by atoms with Crippen molar-refractivity contribution in [2.45, 2.75) is 6.30 Å². The van der Waals surface area contributed by atoms with Gasteiger partial charge in [-0.1, -0.05) is 6.07 Å². The molecule has 2 heterocycles. The molecule has 6 heteroatoms. The highest BCUT2D eigenvalue weighted by atomic mass is 19.4. The first-order valence-corrected chi connectivity index (χ1v) is 4.11. The topological polar surface area (TPSA) is 30.7 Å². The van der Waals surface area contributed by atoms with Gasteiger partial charge in [0.15, 0.2) is 0 Å². The second-order valence-corrected chi connectivity index (χ2v) is 2.81. The zero-order valence-corrected chi connectivity index (χ0v) is 7.44. The summed E-state index contributed by atoms with van der Waals surface area (Å²) in [5.74, 6) is 0. The molecule has 0 bridgehead atoms. The van der Waals surface area contributed by atoms with Crippen LogP contribution in [-0.4, -0.2) is 14.8 Å². The molecule has 0 radical (unpaired) electrons. The second-order valence-electron chi connectivity index (χ2n) is 2.81. The highest BCUT2D eigenvalue weighted by molar-refractivity contribution is 5.53. The SMILES string of the molecule is FC(F)(F)n1nccc1-c1ccccn1. The molecule has 0 spiro atoms. The van der Waals surface area contributed by atoms with Gasteiger partial charge in [-0.15, -0.1) is 13.2 Å². The summed E-state index contributed by atoms with van der Waals surface area (Å²) in [4.78, 5) is 3.83. The second kappa shape index (κ2) is 3.38. The molecule has 3 nitrogen and oxygen atoms in total. The molecule has 2 rings (SSSR count). The lowest BCUT2D eigenvalue weighted by atomic mass is 10.3. The number of rotatable bonds is 1. The van der Waals surface area contributed by atoms with Gasteiger partial charge in [0.2, 0.25) is 0 Å². The number of alkyl halides is 3. The summed E-state index contributed by atoms with van der Waals surface area (Å²) >= 11 is 0. The molecular weight excluding hydrogens is 207 g/mol. The predicted molar refractivity (Wildman–Crippen MR) is 46.8 cm³/mol. The fraction of sp³-hybridized carbons (Fsp3) is 0.111. The van der Waals surface area contributed by atoms with Gasteiger partial charge in [0.05, 0.1) is 11.4 Å². The molecule has 0 aliphatic rings. The molecule has 0 saturated carbocycles. The lowest BCUT2D eigenvalue weighted by molar-refractivity contribution is -0.211. The van der Waals surface area contributed by atoms with Crippen LogP contribution in [0.2, 0.25) is 0 Å². The maximum absolute atomic E-state index is 12.4. The lowest BCUT2D eigenvalue weighted by Gasteiger charge is -2.09. The smallest absolute Gasteiger partial charge is 0.255 e. The Kier molecular flexibility index (Phi) is 2.18. The van der Waals surface area contributed by atoms with Crippen molar-refractivity contribution in [3.8, 4) is 11.4 Å². The molecule has 0 fully saturated rings. The van der Waals surface area contributed by atoms with Gasteiger partial charge in [-0.3, -0.25) is 4.98 Å². The van der Waals surface area contributed by atoms with Crippen LogP contribution in [0.1, 0.15) is 0 Å². The first-order valence-electron chi connectivity index (χ1n) is 4.11. The van der Waals surface area contributed by atoms with Gasteiger partial charge in [0.25, 0.3) is 0 Å². The molecule has 0 aliphatic carbocycles. The number of hydrogen-bond acceptors (Lipinski definition) is 2. The van der Waals surface area contributed by atoms with E-state index in [0.717, 1.165) is 6.20 Å². The fourth-order valence-electron chi connectivity index (χ4n) is 1.21. The monoisotopic (exact) mass is 213 g/mol. The maximum Gasteiger partial charge on any atom is 0.505 e. The Balaban J connectivity index is 2.51. The van der Waals surface area contributed by atoms with E-state index in [2.05, 4.69) is 10.1 Å². The summed E-state index contributed by atoms with van der Waals surface area (Å²) in [6.45, 7) is 0. The highest BCUT2D eigenvalue weighted by Crippen LogP contribution is 2.27. The van der Waals surface area contributed by atoms with Gasteiger partial charge in [0, 0.05) is 12.4 Å². The standard InChI is InChI=1S/C9H6F3N3/c10-9(11,12)15-8(4-6-14-15)7-3-1-2-5-13-7/h1-6H. The van der Waals surface area contributed by atoms with E-state index in [1.165, 1.54) is 18.3 Å². The first kappa shape index (κ1) is 9.70. The van der Waals surface area contributed by atoms with Crippen LogP contribution in [0.5, 0.6) is 0 Å². The molecule has 2 aromatic rings. The third-order valence-corrected chi connectivity index (χ3v) is 1.81. The van der Waals surface area contributed by atoms with Crippen LogP contribution in [0, 0.1) is 0 Å². The van der Waals surface area contributed by atoms with Crippen LogP contribution >= 0.6 is 0 Å². The Hall–Kier alpha value is -1.85. The van der Waals surface area contributed by atoms with Gasteiger partial charge < -0.3 is 0 Å². The van der Waals surface area contributed by atoms with Gasteiger partial charge in [-0.25, -0.2) is 0 Å². The van der Waals surface area contributed by atoms with Crippen molar-refractivity contribution in [2.75, 3.05) is 0 Å². The number of nitrogens with zero attached hydrogens (tertiary/aromatic N) is 3. The highest BCUT2D eigenvalue weighted by Gasteiger charge is 2.34. The number of pyridine rings is 1. The Morgan fingerprint density at radius 1 is 1.07 bits per heavy atom. The van der Waals surface area contributed by atoms with E-state index in [9.17, 15) is 13.2 Å². The van der Waals surface area contributed by atoms with Crippen molar-refractivity contribution in [2.24, 2.45) is 0 Å². The molecule has 78 valence electrons. The molecule has 0 aliphatic heterocycles. The third-order valence-electron chi connectivity index (χ3n) is 1.81. The number of aromatic nitrogens is 3. The van der Waals surface area contributed by atoms with E-state index in [1.54, 1.807) is 12.1 Å². The van der Waals surface area contributed by atoms with E-state index >= 15 is 0 Å². The fourth-order valence-corrected chi connectivity index (χ4v) is 1.21. The van der Waals surface area contributed by atoms with Crippen LogP contribution in [-0.2, 0) is 6.30 Å². The summed E-state index contributed by atoms with van der Waals surface area (Å²) in [5, 5.41) is 3.22. The molecule has 0 saturated heterocycles.